The molecule has 0 radical (unpaired) electrons. The highest BCUT2D eigenvalue weighted by Crippen LogP contribution is 2.23. The summed E-state index contributed by atoms with van der Waals surface area (Å²) < 4.78 is 10.7. The number of rotatable bonds is 5. The first-order valence-corrected chi connectivity index (χ1v) is 6.06. The molecule has 100 valence electrons. The quantitative estimate of drug-likeness (QED) is 0.912. The molecule has 2 rings (SSSR count). The van der Waals surface area contributed by atoms with E-state index in [1.54, 1.807) is 14.2 Å². The fourth-order valence-corrected chi connectivity index (χ4v) is 1.59. The minimum atomic E-state index is 0.358. The van der Waals surface area contributed by atoms with Gasteiger partial charge < -0.3 is 14.8 Å². The molecule has 0 fully saturated rings. The van der Waals surface area contributed by atoms with E-state index in [4.69, 9.17) is 21.1 Å². The van der Waals surface area contributed by atoms with E-state index in [1.807, 2.05) is 24.3 Å². The molecule has 19 heavy (non-hydrogen) atoms. The Morgan fingerprint density at radius 2 is 2.00 bits per heavy atom. The van der Waals surface area contributed by atoms with Gasteiger partial charge >= 0.3 is 0 Å². The molecule has 0 saturated carbocycles. The number of hydrogen-bond acceptors (Lipinski definition) is 5. The van der Waals surface area contributed by atoms with Crippen LogP contribution >= 0.6 is 11.6 Å². The fourth-order valence-electron chi connectivity index (χ4n) is 1.45. The second-order valence-electron chi connectivity index (χ2n) is 3.73. The van der Waals surface area contributed by atoms with Gasteiger partial charge in [-0.05, 0) is 17.7 Å². The molecule has 0 unspecified atom stereocenters. The molecule has 0 amide bonds. The summed E-state index contributed by atoms with van der Waals surface area (Å²) in [4.78, 5) is 8.12. The molecule has 6 heteroatoms. The Morgan fingerprint density at radius 1 is 1.26 bits per heavy atom. The third-order valence-electron chi connectivity index (χ3n) is 2.47. The summed E-state index contributed by atoms with van der Waals surface area (Å²) in [7, 11) is 3.36. The number of nitrogens with zero attached hydrogens (tertiary/aromatic N) is 2. The summed E-state index contributed by atoms with van der Waals surface area (Å²) in [5, 5.41) is 3.21. The topological polar surface area (TPSA) is 56.3 Å². The molecule has 0 saturated heterocycles. The highest BCUT2D eigenvalue weighted by Gasteiger charge is 2.06. The minimum absolute atomic E-state index is 0.358. The maximum Gasteiger partial charge on any atom is 0.237 e. The Balaban J connectivity index is 2.05. The van der Waals surface area contributed by atoms with Crippen molar-refractivity contribution in [2.24, 2.45) is 0 Å². The number of nitrogens with one attached hydrogen (secondary N) is 1. The molecule has 1 aromatic heterocycles. The zero-order valence-electron chi connectivity index (χ0n) is 10.7. The van der Waals surface area contributed by atoms with Crippen molar-refractivity contribution >= 4 is 17.5 Å². The molecule has 0 atom stereocenters. The van der Waals surface area contributed by atoms with Crippen molar-refractivity contribution in [2.75, 3.05) is 19.5 Å². The summed E-state index contributed by atoms with van der Waals surface area (Å²) in [6.07, 6.45) is 1.50. The molecule has 1 aromatic carbocycles. The number of benzene rings is 1. The van der Waals surface area contributed by atoms with Crippen LogP contribution in [0.15, 0.2) is 30.5 Å². The number of aromatic nitrogens is 2. The van der Waals surface area contributed by atoms with Crippen LogP contribution in [0.25, 0.3) is 0 Å². The predicted molar refractivity (Wildman–Crippen MR) is 73.9 cm³/mol. The largest absolute Gasteiger partial charge is 0.497 e. The van der Waals surface area contributed by atoms with Crippen LogP contribution in [0.4, 0.5) is 5.95 Å². The normalized spacial score (nSPS) is 10.1. The number of ether oxygens (including phenoxy) is 2. The molecule has 5 nitrogen and oxygen atoms in total. The van der Waals surface area contributed by atoms with E-state index in [-0.39, 0.29) is 0 Å². The van der Waals surface area contributed by atoms with Crippen molar-refractivity contribution in [3.63, 3.8) is 0 Å². The second-order valence-corrected chi connectivity index (χ2v) is 4.14. The lowest BCUT2D eigenvalue weighted by Gasteiger charge is -2.08. The molecule has 0 aliphatic carbocycles. The van der Waals surface area contributed by atoms with Crippen LogP contribution in [-0.2, 0) is 6.61 Å². The van der Waals surface area contributed by atoms with Gasteiger partial charge in [0.05, 0.1) is 13.3 Å². The summed E-state index contributed by atoms with van der Waals surface area (Å²) in [6, 6.07) is 7.60. The smallest absolute Gasteiger partial charge is 0.237 e. The Hall–Kier alpha value is -2.01. The van der Waals surface area contributed by atoms with Gasteiger partial charge in [-0.3, -0.25) is 0 Å². The molecule has 1 N–H and O–H groups in total. The van der Waals surface area contributed by atoms with Crippen molar-refractivity contribution in [2.45, 2.75) is 6.61 Å². The average Bonchev–Trinajstić information content (AvgIpc) is 2.47. The Bertz CT molecular complexity index is 546. The van der Waals surface area contributed by atoms with Crippen LogP contribution in [0, 0.1) is 0 Å². The summed E-state index contributed by atoms with van der Waals surface area (Å²) >= 11 is 5.97. The molecule has 0 aliphatic rings. The van der Waals surface area contributed by atoms with Gasteiger partial charge in [0.2, 0.25) is 11.8 Å². The third kappa shape index (κ3) is 3.48. The first-order valence-electron chi connectivity index (χ1n) is 5.69. The predicted octanol–water partition coefficient (Wildman–Crippen LogP) is 2.76. The number of methoxy groups -OCH3 is 1. The SMILES string of the molecule is CNc1ncc(Cl)c(OCc2ccc(OC)cc2)n1. The summed E-state index contributed by atoms with van der Waals surface area (Å²) in [5.74, 6) is 1.63. The molecule has 0 spiro atoms. The standard InChI is InChI=1S/C13H14ClN3O2/c1-15-13-16-7-11(14)12(17-13)19-8-9-3-5-10(18-2)6-4-9/h3-7H,8H2,1-2H3,(H,15,16,17). The van der Waals surface area contributed by atoms with Crippen molar-refractivity contribution in [1.82, 2.24) is 9.97 Å². The van der Waals surface area contributed by atoms with Gasteiger partial charge in [-0.15, -0.1) is 0 Å². The van der Waals surface area contributed by atoms with Crippen molar-refractivity contribution in [1.29, 1.82) is 0 Å². The van der Waals surface area contributed by atoms with Crippen molar-refractivity contribution in [3.8, 4) is 11.6 Å². The van der Waals surface area contributed by atoms with Crippen LogP contribution in [-0.4, -0.2) is 24.1 Å². The summed E-state index contributed by atoms with van der Waals surface area (Å²) in [6.45, 7) is 0.379. The molecule has 1 heterocycles. The summed E-state index contributed by atoms with van der Waals surface area (Å²) in [5.41, 5.74) is 1.00. The van der Waals surface area contributed by atoms with Gasteiger partial charge in [-0.2, -0.15) is 4.98 Å². The van der Waals surface area contributed by atoms with Crippen LogP contribution in [0.5, 0.6) is 11.6 Å². The second kappa shape index (κ2) is 6.24. The number of halogens is 1. The van der Waals surface area contributed by atoms with Gasteiger partial charge in [0.25, 0.3) is 0 Å². The van der Waals surface area contributed by atoms with Crippen molar-refractivity contribution < 1.29 is 9.47 Å². The highest BCUT2D eigenvalue weighted by atomic mass is 35.5. The van der Waals surface area contributed by atoms with E-state index in [1.165, 1.54) is 6.20 Å². The van der Waals surface area contributed by atoms with E-state index in [0.717, 1.165) is 11.3 Å². The molecule has 0 bridgehead atoms. The van der Waals surface area contributed by atoms with Crippen LogP contribution in [0.3, 0.4) is 0 Å². The lowest BCUT2D eigenvalue weighted by molar-refractivity contribution is 0.294. The Kier molecular flexibility index (Phi) is 4.41. The van der Waals surface area contributed by atoms with Gasteiger partial charge in [0.1, 0.15) is 17.4 Å². The first-order chi connectivity index (χ1) is 9.22. The van der Waals surface area contributed by atoms with Crippen LogP contribution < -0.4 is 14.8 Å². The lowest BCUT2D eigenvalue weighted by Crippen LogP contribution is -2.02. The Labute approximate surface area is 116 Å². The highest BCUT2D eigenvalue weighted by molar-refractivity contribution is 6.31. The van der Waals surface area contributed by atoms with Gasteiger partial charge in [-0.25, -0.2) is 4.98 Å². The zero-order valence-corrected chi connectivity index (χ0v) is 11.4. The molecular weight excluding hydrogens is 266 g/mol. The average molecular weight is 280 g/mol. The minimum Gasteiger partial charge on any atom is -0.497 e. The van der Waals surface area contributed by atoms with E-state index < -0.39 is 0 Å². The fraction of sp³-hybridized carbons (Fsp3) is 0.231. The van der Waals surface area contributed by atoms with Crippen LogP contribution in [0.1, 0.15) is 5.56 Å². The molecule has 2 aromatic rings. The van der Waals surface area contributed by atoms with Gasteiger partial charge in [0.15, 0.2) is 0 Å². The van der Waals surface area contributed by atoms with Crippen molar-refractivity contribution in [3.05, 3.63) is 41.0 Å². The first kappa shape index (κ1) is 13.4. The third-order valence-corrected chi connectivity index (χ3v) is 2.73. The monoisotopic (exact) mass is 279 g/mol. The zero-order chi connectivity index (χ0) is 13.7. The lowest BCUT2D eigenvalue weighted by atomic mass is 10.2. The molecule has 0 aliphatic heterocycles. The van der Waals surface area contributed by atoms with E-state index in [0.29, 0.717) is 23.5 Å². The van der Waals surface area contributed by atoms with E-state index in [9.17, 15) is 0 Å². The maximum absolute atomic E-state index is 5.97. The van der Waals surface area contributed by atoms with E-state index in [2.05, 4.69) is 15.3 Å². The van der Waals surface area contributed by atoms with Gasteiger partial charge in [-0.1, -0.05) is 23.7 Å². The number of anilines is 1. The van der Waals surface area contributed by atoms with E-state index >= 15 is 0 Å². The molecular formula is C13H14ClN3O2. The van der Waals surface area contributed by atoms with Crippen LogP contribution in [0.2, 0.25) is 5.02 Å². The maximum atomic E-state index is 5.97. The number of hydrogen-bond donors (Lipinski definition) is 1. The Morgan fingerprint density at radius 3 is 2.63 bits per heavy atom. The van der Waals surface area contributed by atoms with Gasteiger partial charge in [0, 0.05) is 7.05 Å².